The third-order valence-corrected chi connectivity index (χ3v) is 3.64. The van der Waals surface area contributed by atoms with Crippen LogP contribution in [0.15, 0.2) is 66.9 Å². The van der Waals surface area contributed by atoms with Gasteiger partial charge >= 0.3 is 0 Å². The van der Waals surface area contributed by atoms with E-state index in [0.29, 0.717) is 5.69 Å². The molecule has 2 heterocycles. The van der Waals surface area contributed by atoms with Gasteiger partial charge in [-0.25, -0.2) is 4.98 Å². The van der Waals surface area contributed by atoms with Gasteiger partial charge in [0.05, 0.1) is 22.4 Å². The van der Waals surface area contributed by atoms with Crippen molar-refractivity contribution in [3.05, 3.63) is 66.9 Å². The number of rotatable bonds is 1. The Morgan fingerprint density at radius 1 is 0.810 bits per heavy atom. The van der Waals surface area contributed by atoms with E-state index in [1.54, 1.807) is 0 Å². The number of aromatic nitrogens is 2. The third-order valence-electron chi connectivity index (χ3n) is 3.64. The van der Waals surface area contributed by atoms with Crippen molar-refractivity contribution in [1.82, 2.24) is 9.97 Å². The summed E-state index contributed by atoms with van der Waals surface area (Å²) in [5.74, 6) is 0. The third kappa shape index (κ3) is 1.99. The van der Waals surface area contributed by atoms with Crippen LogP contribution in [0.3, 0.4) is 0 Å². The van der Waals surface area contributed by atoms with Gasteiger partial charge in [-0.05, 0) is 24.3 Å². The summed E-state index contributed by atoms with van der Waals surface area (Å²) in [6.07, 6.45) is 1.86. The summed E-state index contributed by atoms with van der Waals surface area (Å²) in [5.41, 5.74) is 10.4. The van der Waals surface area contributed by atoms with E-state index in [9.17, 15) is 0 Å². The Bertz CT molecular complexity index is 961. The van der Waals surface area contributed by atoms with Gasteiger partial charge in [0.15, 0.2) is 0 Å². The monoisotopic (exact) mass is 271 g/mol. The van der Waals surface area contributed by atoms with Gasteiger partial charge in [0.2, 0.25) is 0 Å². The van der Waals surface area contributed by atoms with E-state index in [2.05, 4.69) is 22.1 Å². The summed E-state index contributed by atoms with van der Waals surface area (Å²) in [6.45, 7) is 0. The number of anilines is 1. The van der Waals surface area contributed by atoms with Crippen LogP contribution in [-0.4, -0.2) is 9.97 Å². The lowest BCUT2D eigenvalue weighted by Crippen LogP contribution is -1.92. The molecule has 2 N–H and O–H groups in total. The van der Waals surface area contributed by atoms with Crippen LogP contribution in [0.2, 0.25) is 0 Å². The highest BCUT2D eigenvalue weighted by molar-refractivity contribution is 5.91. The molecule has 0 aliphatic carbocycles. The van der Waals surface area contributed by atoms with Gasteiger partial charge < -0.3 is 5.73 Å². The molecule has 0 spiro atoms. The molecule has 21 heavy (non-hydrogen) atoms. The fourth-order valence-corrected chi connectivity index (χ4v) is 2.54. The lowest BCUT2D eigenvalue weighted by atomic mass is 10.1. The molecular weight excluding hydrogens is 258 g/mol. The second kappa shape index (κ2) is 4.56. The number of fused-ring (bicyclic) bond motifs is 2. The molecule has 4 aromatic rings. The maximum atomic E-state index is 6.02. The van der Waals surface area contributed by atoms with Crippen molar-refractivity contribution in [1.29, 1.82) is 0 Å². The van der Waals surface area contributed by atoms with E-state index in [4.69, 9.17) is 5.73 Å². The van der Waals surface area contributed by atoms with Crippen molar-refractivity contribution in [3.8, 4) is 11.3 Å². The van der Waals surface area contributed by atoms with Crippen LogP contribution in [0.25, 0.3) is 33.1 Å². The molecule has 0 saturated heterocycles. The number of para-hydroxylation sites is 2. The van der Waals surface area contributed by atoms with Crippen LogP contribution in [0.4, 0.5) is 5.69 Å². The Morgan fingerprint density at radius 3 is 2.62 bits per heavy atom. The normalized spacial score (nSPS) is 11.0. The average molecular weight is 271 g/mol. The van der Waals surface area contributed by atoms with E-state index >= 15 is 0 Å². The van der Waals surface area contributed by atoms with Crippen molar-refractivity contribution in [2.24, 2.45) is 0 Å². The molecule has 0 amide bonds. The maximum absolute atomic E-state index is 6.02. The molecule has 0 aliphatic rings. The smallest absolute Gasteiger partial charge is 0.0938 e. The minimum atomic E-state index is 0.697. The SMILES string of the molecule is Nc1cccc2ccc(-c3cnc4ccccc4c3)nc12. The fourth-order valence-electron chi connectivity index (χ4n) is 2.54. The first-order valence-corrected chi connectivity index (χ1v) is 6.82. The highest BCUT2D eigenvalue weighted by Gasteiger charge is 2.05. The average Bonchev–Trinajstić information content (AvgIpc) is 2.54. The van der Waals surface area contributed by atoms with Crippen molar-refractivity contribution < 1.29 is 0 Å². The number of hydrogen-bond donors (Lipinski definition) is 1. The van der Waals surface area contributed by atoms with Crippen LogP contribution in [-0.2, 0) is 0 Å². The Morgan fingerprint density at radius 2 is 1.67 bits per heavy atom. The molecule has 0 bridgehead atoms. The topological polar surface area (TPSA) is 51.8 Å². The predicted octanol–water partition coefficient (Wildman–Crippen LogP) is 4.03. The van der Waals surface area contributed by atoms with Gasteiger partial charge in [0, 0.05) is 22.5 Å². The van der Waals surface area contributed by atoms with Crippen LogP contribution < -0.4 is 5.73 Å². The zero-order valence-electron chi connectivity index (χ0n) is 11.3. The Kier molecular flexibility index (Phi) is 2.57. The highest BCUT2D eigenvalue weighted by atomic mass is 14.7. The van der Waals surface area contributed by atoms with E-state index in [0.717, 1.165) is 33.1 Å². The largest absolute Gasteiger partial charge is 0.397 e. The molecule has 0 unspecified atom stereocenters. The van der Waals surface area contributed by atoms with Gasteiger partial charge in [-0.3, -0.25) is 4.98 Å². The van der Waals surface area contributed by atoms with Gasteiger partial charge in [-0.1, -0.05) is 36.4 Å². The first-order chi connectivity index (χ1) is 10.3. The summed E-state index contributed by atoms with van der Waals surface area (Å²) >= 11 is 0. The predicted molar refractivity (Wildman–Crippen MR) is 86.9 cm³/mol. The zero-order valence-corrected chi connectivity index (χ0v) is 11.3. The fraction of sp³-hybridized carbons (Fsp3) is 0. The van der Waals surface area contributed by atoms with Crippen LogP contribution in [0.1, 0.15) is 0 Å². The van der Waals surface area contributed by atoms with E-state index in [-0.39, 0.29) is 0 Å². The molecule has 100 valence electrons. The summed E-state index contributed by atoms with van der Waals surface area (Å²) < 4.78 is 0. The van der Waals surface area contributed by atoms with E-state index in [1.807, 2.05) is 54.7 Å². The van der Waals surface area contributed by atoms with Gasteiger partial charge in [0.1, 0.15) is 0 Å². The van der Waals surface area contributed by atoms with Crippen molar-refractivity contribution >= 4 is 27.5 Å². The molecule has 0 fully saturated rings. The molecule has 0 aliphatic heterocycles. The first-order valence-electron chi connectivity index (χ1n) is 6.82. The van der Waals surface area contributed by atoms with Crippen molar-refractivity contribution in [2.75, 3.05) is 5.73 Å². The van der Waals surface area contributed by atoms with Crippen LogP contribution in [0, 0.1) is 0 Å². The Labute approximate surface area is 122 Å². The maximum Gasteiger partial charge on any atom is 0.0938 e. The molecule has 0 saturated carbocycles. The van der Waals surface area contributed by atoms with Gasteiger partial charge in [-0.2, -0.15) is 0 Å². The lowest BCUT2D eigenvalue weighted by Gasteiger charge is -2.06. The van der Waals surface area contributed by atoms with Gasteiger partial charge in [0.25, 0.3) is 0 Å². The molecule has 3 nitrogen and oxygen atoms in total. The molecule has 3 heteroatoms. The molecule has 2 aromatic carbocycles. The lowest BCUT2D eigenvalue weighted by molar-refractivity contribution is 1.35. The molecule has 2 aromatic heterocycles. The molecule has 0 radical (unpaired) electrons. The summed E-state index contributed by atoms with van der Waals surface area (Å²) in [4.78, 5) is 9.18. The molecule has 4 rings (SSSR count). The van der Waals surface area contributed by atoms with Crippen LogP contribution >= 0.6 is 0 Å². The number of pyridine rings is 2. The van der Waals surface area contributed by atoms with Crippen molar-refractivity contribution in [3.63, 3.8) is 0 Å². The Hall–Kier alpha value is -2.94. The summed E-state index contributed by atoms with van der Waals surface area (Å²) in [7, 11) is 0. The highest BCUT2D eigenvalue weighted by Crippen LogP contribution is 2.25. The molecular formula is C18H13N3. The Balaban J connectivity index is 1.93. The van der Waals surface area contributed by atoms with Crippen molar-refractivity contribution in [2.45, 2.75) is 0 Å². The summed E-state index contributed by atoms with van der Waals surface area (Å²) in [6, 6.07) is 20.1. The van der Waals surface area contributed by atoms with E-state index in [1.165, 1.54) is 0 Å². The number of hydrogen-bond acceptors (Lipinski definition) is 3. The minimum absolute atomic E-state index is 0.697. The quantitative estimate of drug-likeness (QED) is 0.532. The number of benzene rings is 2. The summed E-state index contributed by atoms with van der Waals surface area (Å²) in [5, 5.41) is 2.16. The van der Waals surface area contributed by atoms with Gasteiger partial charge in [-0.15, -0.1) is 0 Å². The second-order valence-electron chi connectivity index (χ2n) is 5.03. The number of nitrogen functional groups attached to an aromatic ring is 1. The first kappa shape index (κ1) is 11.9. The molecule has 0 atom stereocenters. The number of nitrogens with two attached hydrogens (primary N) is 1. The zero-order chi connectivity index (χ0) is 14.2. The minimum Gasteiger partial charge on any atom is -0.397 e. The number of nitrogens with zero attached hydrogens (tertiary/aromatic N) is 2. The van der Waals surface area contributed by atoms with Crippen LogP contribution in [0.5, 0.6) is 0 Å². The standard InChI is InChI=1S/C18H13N3/c19-15-6-3-5-12-8-9-17(21-18(12)15)14-10-13-4-1-2-7-16(13)20-11-14/h1-11H,19H2. The van der Waals surface area contributed by atoms with E-state index < -0.39 is 0 Å². The second-order valence-corrected chi connectivity index (χ2v) is 5.03.